The van der Waals surface area contributed by atoms with E-state index in [-0.39, 0.29) is 5.97 Å². The minimum Gasteiger partial charge on any atom is -0.465 e. The van der Waals surface area contributed by atoms with Gasteiger partial charge in [0.25, 0.3) is 0 Å². The van der Waals surface area contributed by atoms with Crippen LogP contribution < -0.4 is 15.1 Å². The molecule has 0 spiro atoms. The minimum atomic E-state index is -0.389. The molecular weight excluding hydrogens is 366 g/mol. The number of rotatable bonds is 5. The molecule has 1 aliphatic rings. The van der Waals surface area contributed by atoms with Crippen LogP contribution in [0.25, 0.3) is 0 Å². The van der Waals surface area contributed by atoms with Gasteiger partial charge >= 0.3 is 5.97 Å². The Morgan fingerprint density at radius 1 is 0.931 bits per heavy atom. The number of carbonyl (C=O) groups is 1. The zero-order valence-corrected chi connectivity index (χ0v) is 16.3. The van der Waals surface area contributed by atoms with Gasteiger partial charge in [-0.05, 0) is 24.3 Å². The molecule has 3 aromatic rings. The topological polar surface area (TPSA) is 70.6 Å². The van der Waals surface area contributed by atoms with Crippen molar-refractivity contribution in [3.8, 4) is 0 Å². The highest BCUT2D eigenvalue weighted by Gasteiger charge is 2.19. The van der Waals surface area contributed by atoms with E-state index >= 15 is 0 Å². The Hall–Kier alpha value is -3.61. The molecule has 148 valence electrons. The highest BCUT2D eigenvalue weighted by atomic mass is 16.5. The summed E-state index contributed by atoms with van der Waals surface area (Å²) in [6, 6.07) is 19.6. The number of nitrogens with zero attached hydrogens (tertiary/aromatic N) is 4. The lowest BCUT2D eigenvalue weighted by Gasteiger charge is -2.36. The van der Waals surface area contributed by atoms with Crippen LogP contribution in [0, 0.1) is 0 Å². The Morgan fingerprint density at radius 2 is 1.62 bits per heavy atom. The zero-order chi connectivity index (χ0) is 20.1. The lowest BCUT2D eigenvalue weighted by Crippen LogP contribution is -2.46. The molecule has 7 heteroatoms. The molecule has 2 aromatic carbocycles. The number of aromatic nitrogens is 2. The van der Waals surface area contributed by atoms with Gasteiger partial charge in [-0.15, -0.1) is 0 Å². The molecule has 1 aliphatic heterocycles. The molecule has 4 rings (SSSR count). The van der Waals surface area contributed by atoms with Crippen molar-refractivity contribution < 1.29 is 9.53 Å². The van der Waals surface area contributed by atoms with E-state index in [1.165, 1.54) is 12.8 Å². The van der Waals surface area contributed by atoms with Gasteiger partial charge in [-0.2, -0.15) is 0 Å². The number of nitrogens with one attached hydrogen (secondary N) is 1. The first-order chi connectivity index (χ1) is 14.2. The molecule has 1 saturated heterocycles. The first-order valence-corrected chi connectivity index (χ1v) is 9.56. The smallest absolute Gasteiger partial charge is 0.339 e. The van der Waals surface area contributed by atoms with Gasteiger partial charge in [-0.1, -0.05) is 30.3 Å². The number of esters is 1. The predicted octanol–water partition coefficient (Wildman–Crippen LogP) is 3.33. The SMILES string of the molecule is COC(=O)c1ccccc1Nc1cc(N2CCN(c3ccccc3)CC2)ncn1. The lowest BCUT2D eigenvalue weighted by atomic mass is 10.2. The van der Waals surface area contributed by atoms with Gasteiger partial charge in [0, 0.05) is 37.9 Å². The molecule has 0 atom stereocenters. The normalized spacial score (nSPS) is 13.8. The third kappa shape index (κ3) is 4.29. The molecule has 0 radical (unpaired) electrons. The summed E-state index contributed by atoms with van der Waals surface area (Å²) in [5.74, 6) is 1.11. The first kappa shape index (κ1) is 18.7. The van der Waals surface area contributed by atoms with Crippen molar-refractivity contribution in [2.75, 3.05) is 48.4 Å². The Balaban J connectivity index is 1.46. The molecule has 1 N–H and O–H groups in total. The monoisotopic (exact) mass is 389 g/mol. The highest BCUT2D eigenvalue weighted by Crippen LogP contribution is 2.24. The summed E-state index contributed by atoms with van der Waals surface area (Å²) in [5.41, 5.74) is 2.36. The summed E-state index contributed by atoms with van der Waals surface area (Å²) >= 11 is 0. The van der Waals surface area contributed by atoms with Gasteiger partial charge in [0.15, 0.2) is 0 Å². The van der Waals surface area contributed by atoms with Crippen LogP contribution in [-0.4, -0.2) is 49.2 Å². The number of piperazine rings is 1. The van der Waals surface area contributed by atoms with Gasteiger partial charge in [0.2, 0.25) is 0 Å². The molecule has 29 heavy (non-hydrogen) atoms. The minimum absolute atomic E-state index is 0.389. The van der Waals surface area contributed by atoms with Crippen molar-refractivity contribution in [1.82, 2.24) is 9.97 Å². The van der Waals surface area contributed by atoms with E-state index in [0.717, 1.165) is 32.0 Å². The Kier molecular flexibility index (Phi) is 5.56. The van der Waals surface area contributed by atoms with E-state index < -0.39 is 0 Å². The van der Waals surface area contributed by atoms with Crippen LogP contribution in [0.3, 0.4) is 0 Å². The summed E-state index contributed by atoms with van der Waals surface area (Å²) in [4.78, 5) is 25.4. The van der Waals surface area contributed by atoms with Crippen LogP contribution in [0.5, 0.6) is 0 Å². The number of ether oxygens (including phenoxy) is 1. The van der Waals surface area contributed by atoms with E-state index in [0.29, 0.717) is 17.1 Å². The average Bonchev–Trinajstić information content (AvgIpc) is 2.80. The first-order valence-electron chi connectivity index (χ1n) is 9.56. The van der Waals surface area contributed by atoms with Gasteiger partial charge in [-0.3, -0.25) is 0 Å². The quantitative estimate of drug-likeness (QED) is 0.671. The zero-order valence-electron chi connectivity index (χ0n) is 16.3. The molecule has 1 aromatic heterocycles. The van der Waals surface area contributed by atoms with Crippen molar-refractivity contribution in [2.45, 2.75) is 0 Å². The number of carbonyl (C=O) groups excluding carboxylic acids is 1. The number of methoxy groups -OCH3 is 1. The standard InChI is InChI=1S/C22H23N5O2/c1-29-22(28)18-9-5-6-10-19(18)25-20-15-21(24-16-23-20)27-13-11-26(12-14-27)17-7-3-2-4-8-17/h2-10,15-16H,11-14H2,1H3,(H,23,24,25). The van der Waals surface area contributed by atoms with Crippen molar-refractivity contribution in [3.63, 3.8) is 0 Å². The van der Waals surface area contributed by atoms with Gasteiger partial charge in [-0.25, -0.2) is 14.8 Å². The van der Waals surface area contributed by atoms with Crippen LogP contribution in [0.2, 0.25) is 0 Å². The van der Waals surface area contributed by atoms with E-state index in [4.69, 9.17) is 4.74 Å². The summed E-state index contributed by atoms with van der Waals surface area (Å²) in [7, 11) is 1.37. The van der Waals surface area contributed by atoms with Gasteiger partial charge in [0.1, 0.15) is 18.0 Å². The number of anilines is 4. The third-order valence-corrected chi connectivity index (χ3v) is 4.97. The van der Waals surface area contributed by atoms with Crippen LogP contribution >= 0.6 is 0 Å². The highest BCUT2D eigenvalue weighted by molar-refractivity contribution is 5.96. The summed E-state index contributed by atoms with van der Waals surface area (Å²) < 4.78 is 4.86. The Morgan fingerprint density at radius 3 is 2.38 bits per heavy atom. The summed E-state index contributed by atoms with van der Waals surface area (Å²) in [6.07, 6.45) is 1.54. The van der Waals surface area contributed by atoms with Crippen molar-refractivity contribution >= 4 is 29.0 Å². The van der Waals surface area contributed by atoms with Crippen LogP contribution in [0.1, 0.15) is 10.4 Å². The van der Waals surface area contributed by atoms with E-state index in [9.17, 15) is 4.79 Å². The molecular formula is C22H23N5O2. The maximum Gasteiger partial charge on any atom is 0.339 e. The molecule has 0 bridgehead atoms. The fourth-order valence-corrected chi connectivity index (χ4v) is 3.44. The van der Waals surface area contributed by atoms with Crippen LogP contribution in [0.4, 0.5) is 23.0 Å². The number of benzene rings is 2. The second kappa shape index (κ2) is 8.60. The largest absolute Gasteiger partial charge is 0.465 e. The van der Waals surface area contributed by atoms with E-state index in [1.807, 2.05) is 24.3 Å². The molecule has 0 amide bonds. The van der Waals surface area contributed by atoms with Crippen molar-refractivity contribution in [1.29, 1.82) is 0 Å². The summed E-state index contributed by atoms with van der Waals surface area (Å²) in [5, 5.41) is 3.21. The third-order valence-electron chi connectivity index (χ3n) is 4.97. The predicted molar refractivity (Wildman–Crippen MR) is 114 cm³/mol. The van der Waals surface area contributed by atoms with Gasteiger partial charge in [0.05, 0.1) is 18.4 Å². The molecule has 2 heterocycles. The maximum atomic E-state index is 12.0. The number of para-hydroxylation sites is 2. The second-order valence-electron chi connectivity index (χ2n) is 6.73. The second-order valence-corrected chi connectivity index (χ2v) is 6.73. The molecule has 1 fully saturated rings. The molecule has 0 unspecified atom stereocenters. The number of hydrogen-bond donors (Lipinski definition) is 1. The Labute approximate surface area is 170 Å². The maximum absolute atomic E-state index is 12.0. The van der Waals surface area contributed by atoms with Crippen LogP contribution in [0.15, 0.2) is 67.0 Å². The van der Waals surface area contributed by atoms with E-state index in [1.54, 1.807) is 18.5 Å². The lowest BCUT2D eigenvalue weighted by molar-refractivity contribution is 0.0602. The summed E-state index contributed by atoms with van der Waals surface area (Å²) in [6.45, 7) is 3.62. The van der Waals surface area contributed by atoms with Gasteiger partial charge < -0.3 is 19.9 Å². The number of hydrogen-bond acceptors (Lipinski definition) is 7. The fourth-order valence-electron chi connectivity index (χ4n) is 3.44. The van der Waals surface area contributed by atoms with Crippen LogP contribution in [-0.2, 0) is 4.74 Å². The Bertz CT molecular complexity index is 972. The fraction of sp³-hybridized carbons (Fsp3) is 0.227. The average molecular weight is 389 g/mol. The van der Waals surface area contributed by atoms with Crippen molar-refractivity contribution in [3.05, 3.63) is 72.6 Å². The van der Waals surface area contributed by atoms with Crippen molar-refractivity contribution in [2.24, 2.45) is 0 Å². The molecule has 7 nitrogen and oxygen atoms in total. The molecule has 0 saturated carbocycles. The molecule has 0 aliphatic carbocycles. The van der Waals surface area contributed by atoms with E-state index in [2.05, 4.69) is 49.4 Å².